The largest absolute Gasteiger partial charge is 0.325 e. The summed E-state index contributed by atoms with van der Waals surface area (Å²) in [5.74, 6) is 1.44. The van der Waals surface area contributed by atoms with E-state index in [0.717, 1.165) is 32.8 Å². The maximum atomic E-state index is 12.5. The number of hydrogen-bond acceptors (Lipinski definition) is 6. The van der Waals surface area contributed by atoms with Gasteiger partial charge in [0, 0.05) is 23.2 Å². The molecule has 0 spiro atoms. The Morgan fingerprint density at radius 3 is 2.53 bits per heavy atom. The lowest BCUT2D eigenvalue weighted by Gasteiger charge is -2.15. The average molecular weight is 466 g/mol. The number of carbonyl (C=O) groups is 1. The zero-order valence-corrected chi connectivity index (χ0v) is 20.5. The molecule has 1 N–H and O–H groups in total. The van der Waals surface area contributed by atoms with Crippen molar-refractivity contribution in [3.63, 3.8) is 0 Å². The molecular formula is C24H27N5OS2. The molecule has 6 nitrogen and oxygen atoms in total. The molecule has 2 heterocycles. The van der Waals surface area contributed by atoms with Crippen molar-refractivity contribution in [2.24, 2.45) is 0 Å². The number of fused-ring (bicyclic) bond motifs is 1. The zero-order chi connectivity index (χ0) is 22.8. The lowest BCUT2D eigenvalue weighted by atomic mass is 10.2. The minimum Gasteiger partial charge on any atom is -0.325 e. The van der Waals surface area contributed by atoms with Gasteiger partial charge in [0.2, 0.25) is 5.91 Å². The fraction of sp³-hybridized carbons (Fsp3) is 0.333. The van der Waals surface area contributed by atoms with Crippen LogP contribution in [0.3, 0.4) is 0 Å². The van der Waals surface area contributed by atoms with E-state index in [9.17, 15) is 4.79 Å². The maximum Gasteiger partial charge on any atom is 0.234 e. The number of nitrogens with one attached hydrogen (secondary N) is 1. The van der Waals surface area contributed by atoms with Gasteiger partial charge >= 0.3 is 0 Å². The van der Waals surface area contributed by atoms with Gasteiger partial charge in [-0.2, -0.15) is 0 Å². The van der Waals surface area contributed by atoms with Crippen LogP contribution in [0.4, 0.5) is 5.69 Å². The van der Waals surface area contributed by atoms with E-state index >= 15 is 0 Å². The second-order valence-corrected chi connectivity index (χ2v) is 10.3. The summed E-state index contributed by atoms with van der Waals surface area (Å²) in [6.45, 7) is 10.5. The summed E-state index contributed by atoms with van der Waals surface area (Å²) in [7, 11) is 0. The molecule has 0 saturated heterocycles. The van der Waals surface area contributed by atoms with E-state index in [2.05, 4.69) is 72.9 Å². The number of thioether (sulfide) groups is 1. The van der Waals surface area contributed by atoms with Crippen molar-refractivity contribution in [3.8, 4) is 10.6 Å². The first-order chi connectivity index (χ1) is 15.3. The van der Waals surface area contributed by atoms with Crippen LogP contribution in [-0.2, 0) is 4.79 Å². The Balaban J connectivity index is 1.40. The maximum absolute atomic E-state index is 12.5. The molecule has 4 rings (SSSR count). The number of benzene rings is 2. The average Bonchev–Trinajstić information content (AvgIpc) is 3.36. The first-order valence-electron chi connectivity index (χ1n) is 10.7. The predicted octanol–water partition coefficient (Wildman–Crippen LogP) is 6.30. The summed E-state index contributed by atoms with van der Waals surface area (Å²) < 4.78 is 3.29. The van der Waals surface area contributed by atoms with E-state index in [4.69, 9.17) is 4.98 Å². The van der Waals surface area contributed by atoms with E-state index in [1.54, 1.807) is 11.3 Å². The summed E-state index contributed by atoms with van der Waals surface area (Å²) >= 11 is 3.09. The molecule has 1 amide bonds. The van der Waals surface area contributed by atoms with Gasteiger partial charge in [-0.15, -0.1) is 21.5 Å². The van der Waals surface area contributed by atoms with Crippen LogP contribution in [0.2, 0.25) is 0 Å². The first kappa shape index (κ1) is 22.5. The number of thiazole rings is 1. The Morgan fingerprint density at radius 1 is 1.09 bits per heavy atom. The lowest BCUT2D eigenvalue weighted by Crippen LogP contribution is -2.15. The fourth-order valence-electron chi connectivity index (χ4n) is 3.44. The van der Waals surface area contributed by atoms with Gasteiger partial charge in [-0.25, -0.2) is 4.98 Å². The first-order valence-corrected chi connectivity index (χ1v) is 12.5. The van der Waals surface area contributed by atoms with Crippen LogP contribution in [0, 0.1) is 6.92 Å². The lowest BCUT2D eigenvalue weighted by molar-refractivity contribution is -0.113. The molecule has 2 aromatic carbocycles. The monoisotopic (exact) mass is 465 g/mol. The van der Waals surface area contributed by atoms with Crippen molar-refractivity contribution in [1.29, 1.82) is 0 Å². The van der Waals surface area contributed by atoms with Crippen molar-refractivity contribution < 1.29 is 4.79 Å². The van der Waals surface area contributed by atoms with Crippen molar-refractivity contribution in [3.05, 3.63) is 53.9 Å². The minimum atomic E-state index is -0.0670. The van der Waals surface area contributed by atoms with Crippen molar-refractivity contribution >= 4 is 44.9 Å². The molecule has 0 aliphatic carbocycles. The fourth-order valence-corrected chi connectivity index (χ4v) is 5.39. The third kappa shape index (κ3) is 4.86. The number of amides is 1. The second-order valence-electron chi connectivity index (χ2n) is 8.36. The Hall–Kier alpha value is -2.71. The molecule has 0 atom stereocenters. The third-order valence-corrected chi connectivity index (χ3v) is 7.03. The van der Waals surface area contributed by atoms with Gasteiger partial charge in [-0.1, -0.05) is 31.7 Å². The number of nitrogens with zero attached hydrogens (tertiary/aromatic N) is 4. The zero-order valence-electron chi connectivity index (χ0n) is 18.9. The normalized spacial score (nSPS) is 11.6. The summed E-state index contributed by atoms with van der Waals surface area (Å²) in [6, 6.07) is 14.4. The molecule has 32 heavy (non-hydrogen) atoms. The molecule has 0 fully saturated rings. The van der Waals surface area contributed by atoms with Gasteiger partial charge in [0.25, 0.3) is 0 Å². The molecule has 0 unspecified atom stereocenters. The molecule has 2 aromatic heterocycles. The Labute approximate surface area is 196 Å². The van der Waals surface area contributed by atoms with Gasteiger partial charge < -0.3 is 9.88 Å². The van der Waals surface area contributed by atoms with Crippen LogP contribution >= 0.6 is 23.1 Å². The minimum absolute atomic E-state index is 0.0670. The highest BCUT2D eigenvalue weighted by Crippen LogP contribution is 2.31. The van der Waals surface area contributed by atoms with Gasteiger partial charge in [0.15, 0.2) is 5.16 Å². The highest BCUT2D eigenvalue weighted by Gasteiger charge is 2.18. The number of hydrogen-bond donors (Lipinski definition) is 1. The van der Waals surface area contributed by atoms with Gasteiger partial charge in [-0.05, 0) is 62.7 Å². The van der Waals surface area contributed by atoms with Crippen LogP contribution in [0.5, 0.6) is 0 Å². The van der Waals surface area contributed by atoms with E-state index in [-0.39, 0.29) is 23.6 Å². The quantitative estimate of drug-likeness (QED) is 0.324. The van der Waals surface area contributed by atoms with Crippen molar-refractivity contribution in [2.75, 3.05) is 11.1 Å². The second kappa shape index (κ2) is 9.42. The standard InChI is InChI=1S/C24H27N5OS2/c1-14(2)22-27-28-24(29(22)15(3)4)31-13-21(30)25-18-9-7-17(8-10-18)23-26-19-11-6-16(5)12-20(19)32-23/h6-12,14-15H,13H2,1-5H3,(H,25,30). The summed E-state index contributed by atoms with van der Waals surface area (Å²) in [4.78, 5) is 17.2. The number of rotatable bonds is 7. The number of carbonyl (C=O) groups excluding carboxylic acids is 1. The van der Waals surface area contributed by atoms with E-state index < -0.39 is 0 Å². The molecular weight excluding hydrogens is 438 g/mol. The van der Waals surface area contributed by atoms with E-state index in [1.807, 2.05) is 24.3 Å². The highest BCUT2D eigenvalue weighted by molar-refractivity contribution is 7.99. The Kier molecular flexibility index (Phi) is 6.62. The van der Waals surface area contributed by atoms with Crippen LogP contribution < -0.4 is 5.32 Å². The number of aromatic nitrogens is 4. The van der Waals surface area contributed by atoms with Gasteiger partial charge in [0.1, 0.15) is 10.8 Å². The van der Waals surface area contributed by atoms with E-state index in [0.29, 0.717) is 0 Å². The van der Waals surface area contributed by atoms with E-state index in [1.165, 1.54) is 22.0 Å². The summed E-state index contributed by atoms with van der Waals surface area (Å²) in [5, 5.41) is 13.3. The SMILES string of the molecule is Cc1ccc2nc(-c3ccc(NC(=O)CSc4nnc(C(C)C)n4C(C)C)cc3)sc2c1. The number of aryl methyl sites for hydroxylation is 1. The molecule has 0 radical (unpaired) electrons. The highest BCUT2D eigenvalue weighted by atomic mass is 32.2. The smallest absolute Gasteiger partial charge is 0.234 e. The number of anilines is 1. The van der Waals surface area contributed by atoms with Gasteiger partial charge in [0.05, 0.1) is 16.0 Å². The van der Waals surface area contributed by atoms with Crippen LogP contribution in [0.25, 0.3) is 20.8 Å². The molecule has 4 aromatic rings. The Morgan fingerprint density at radius 2 is 1.84 bits per heavy atom. The summed E-state index contributed by atoms with van der Waals surface area (Å²) in [5.41, 5.74) is 4.06. The van der Waals surface area contributed by atoms with Crippen LogP contribution in [-0.4, -0.2) is 31.4 Å². The third-order valence-electron chi connectivity index (χ3n) is 5.02. The van der Waals surface area contributed by atoms with Crippen molar-refractivity contribution in [2.45, 2.75) is 51.7 Å². The summed E-state index contributed by atoms with van der Waals surface area (Å²) in [6.07, 6.45) is 0. The molecule has 0 bridgehead atoms. The molecule has 0 aliphatic heterocycles. The molecule has 8 heteroatoms. The van der Waals surface area contributed by atoms with Crippen LogP contribution in [0.15, 0.2) is 47.6 Å². The van der Waals surface area contributed by atoms with Crippen molar-refractivity contribution in [1.82, 2.24) is 19.7 Å². The molecule has 0 aliphatic rings. The Bertz CT molecular complexity index is 1240. The predicted molar refractivity (Wildman–Crippen MR) is 134 cm³/mol. The molecule has 0 saturated carbocycles. The molecule has 166 valence electrons. The van der Waals surface area contributed by atoms with Crippen LogP contribution in [0.1, 0.15) is 51.0 Å². The van der Waals surface area contributed by atoms with Gasteiger partial charge in [-0.3, -0.25) is 4.79 Å². The topological polar surface area (TPSA) is 72.7 Å².